The van der Waals surface area contributed by atoms with Crippen molar-refractivity contribution in [3.8, 4) is 0 Å². The van der Waals surface area contributed by atoms with Gasteiger partial charge in [0, 0.05) is 12.5 Å². The summed E-state index contributed by atoms with van der Waals surface area (Å²) in [4.78, 5) is 14.5. The molecule has 2 aliphatic rings. The number of ether oxygens (including phenoxy) is 1. The minimum atomic E-state index is -0.340. The summed E-state index contributed by atoms with van der Waals surface area (Å²) in [6.07, 6.45) is 2.67. The molecule has 0 bridgehead atoms. The topological polar surface area (TPSA) is 49.8 Å². The van der Waals surface area contributed by atoms with Gasteiger partial charge < -0.3 is 14.7 Å². The SMILES string of the molecule is O=C(Cc1ccc(F)cc1)N1CCOC[C@@H]1[C@@H]1CCC[C@@H]1O. The number of benzene rings is 1. The van der Waals surface area contributed by atoms with E-state index in [9.17, 15) is 14.3 Å². The highest BCUT2D eigenvalue weighted by Gasteiger charge is 2.39. The van der Waals surface area contributed by atoms with Crippen LogP contribution in [0.15, 0.2) is 24.3 Å². The Hall–Kier alpha value is -1.46. The molecule has 5 heteroatoms. The summed E-state index contributed by atoms with van der Waals surface area (Å²) in [5.41, 5.74) is 0.809. The van der Waals surface area contributed by atoms with E-state index in [-0.39, 0.29) is 36.2 Å². The zero-order valence-corrected chi connectivity index (χ0v) is 12.6. The zero-order valence-electron chi connectivity index (χ0n) is 12.6. The third-order valence-corrected chi connectivity index (χ3v) is 4.78. The van der Waals surface area contributed by atoms with Gasteiger partial charge in [0.25, 0.3) is 0 Å². The molecule has 120 valence electrons. The minimum absolute atomic E-state index is 0.0269. The van der Waals surface area contributed by atoms with Crippen LogP contribution in [0.2, 0.25) is 0 Å². The highest BCUT2D eigenvalue weighted by molar-refractivity contribution is 5.79. The molecular weight excluding hydrogens is 285 g/mol. The molecule has 1 aromatic rings. The Labute approximate surface area is 129 Å². The number of amides is 1. The van der Waals surface area contributed by atoms with E-state index in [2.05, 4.69) is 0 Å². The van der Waals surface area contributed by atoms with Crippen molar-refractivity contribution in [1.82, 2.24) is 4.90 Å². The number of carbonyl (C=O) groups is 1. The molecule has 1 aliphatic heterocycles. The van der Waals surface area contributed by atoms with E-state index >= 15 is 0 Å². The first-order chi connectivity index (χ1) is 10.6. The van der Waals surface area contributed by atoms with Crippen LogP contribution < -0.4 is 0 Å². The number of rotatable bonds is 3. The molecule has 1 saturated heterocycles. The molecule has 0 radical (unpaired) electrons. The fourth-order valence-corrected chi connectivity index (χ4v) is 3.58. The van der Waals surface area contributed by atoms with E-state index in [1.165, 1.54) is 12.1 Å². The average molecular weight is 307 g/mol. The second-order valence-electron chi connectivity index (χ2n) is 6.19. The monoisotopic (exact) mass is 307 g/mol. The van der Waals surface area contributed by atoms with Crippen LogP contribution in [0.3, 0.4) is 0 Å². The Morgan fingerprint density at radius 3 is 2.77 bits per heavy atom. The van der Waals surface area contributed by atoms with E-state index < -0.39 is 0 Å². The smallest absolute Gasteiger partial charge is 0.227 e. The quantitative estimate of drug-likeness (QED) is 0.926. The molecule has 0 spiro atoms. The van der Waals surface area contributed by atoms with E-state index in [4.69, 9.17) is 4.74 Å². The number of nitrogens with zero attached hydrogens (tertiary/aromatic N) is 1. The van der Waals surface area contributed by atoms with E-state index in [1.807, 2.05) is 4.90 Å². The fraction of sp³-hybridized carbons (Fsp3) is 0.588. The number of hydrogen-bond donors (Lipinski definition) is 1. The molecule has 1 saturated carbocycles. The summed E-state index contributed by atoms with van der Waals surface area (Å²) in [7, 11) is 0. The third kappa shape index (κ3) is 3.31. The van der Waals surface area contributed by atoms with Gasteiger partial charge in [-0.2, -0.15) is 0 Å². The molecule has 22 heavy (non-hydrogen) atoms. The highest BCUT2D eigenvalue weighted by atomic mass is 19.1. The van der Waals surface area contributed by atoms with Gasteiger partial charge in [-0.1, -0.05) is 18.6 Å². The third-order valence-electron chi connectivity index (χ3n) is 4.78. The van der Waals surface area contributed by atoms with Gasteiger partial charge in [0.05, 0.1) is 31.8 Å². The van der Waals surface area contributed by atoms with Gasteiger partial charge >= 0.3 is 0 Å². The molecule has 1 aromatic carbocycles. The van der Waals surface area contributed by atoms with Crippen molar-refractivity contribution in [3.05, 3.63) is 35.6 Å². The lowest BCUT2D eigenvalue weighted by atomic mass is 9.93. The standard InChI is InChI=1S/C17H22FNO3/c18-13-6-4-12(5-7-13)10-17(21)19-8-9-22-11-15(19)14-2-1-3-16(14)20/h4-7,14-16,20H,1-3,8-11H2/t14-,15+,16-/m0/s1. The first-order valence-electron chi connectivity index (χ1n) is 7.95. The van der Waals surface area contributed by atoms with Gasteiger partial charge in [-0.05, 0) is 30.5 Å². The molecule has 1 N–H and O–H groups in total. The Kier molecular flexibility index (Phi) is 4.74. The number of aliphatic hydroxyl groups is 1. The zero-order chi connectivity index (χ0) is 15.5. The molecule has 2 fully saturated rings. The maximum atomic E-state index is 12.9. The van der Waals surface area contributed by atoms with Crippen molar-refractivity contribution in [2.75, 3.05) is 19.8 Å². The summed E-state index contributed by atoms with van der Waals surface area (Å²) in [5.74, 6) is -0.161. The van der Waals surface area contributed by atoms with Crippen molar-refractivity contribution < 1.29 is 19.0 Å². The molecule has 1 amide bonds. The lowest BCUT2D eigenvalue weighted by molar-refractivity contribution is -0.143. The normalized spacial score (nSPS) is 28.8. The largest absolute Gasteiger partial charge is 0.393 e. The molecule has 3 atom stereocenters. The van der Waals surface area contributed by atoms with Crippen LogP contribution in [0.25, 0.3) is 0 Å². The summed E-state index contributed by atoms with van der Waals surface area (Å²) in [6.45, 7) is 1.60. The number of morpholine rings is 1. The van der Waals surface area contributed by atoms with E-state index in [0.717, 1.165) is 24.8 Å². The Bertz CT molecular complexity index is 519. The van der Waals surface area contributed by atoms with Crippen molar-refractivity contribution in [2.24, 2.45) is 5.92 Å². The lowest BCUT2D eigenvalue weighted by Crippen LogP contribution is -2.54. The maximum absolute atomic E-state index is 12.9. The van der Waals surface area contributed by atoms with Crippen molar-refractivity contribution in [1.29, 1.82) is 0 Å². The van der Waals surface area contributed by atoms with Crippen molar-refractivity contribution in [3.63, 3.8) is 0 Å². The van der Waals surface area contributed by atoms with E-state index in [0.29, 0.717) is 19.8 Å². The molecule has 3 rings (SSSR count). The van der Waals surface area contributed by atoms with Crippen LogP contribution in [-0.2, 0) is 16.0 Å². The molecular formula is C17H22FNO3. The summed E-state index contributed by atoms with van der Waals surface area (Å²) >= 11 is 0. The highest BCUT2D eigenvalue weighted by Crippen LogP contribution is 2.32. The molecule has 1 aliphatic carbocycles. The van der Waals surface area contributed by atoms with Crippen LogP contribution in [0.5, 0.6) is 0 Å². The van der Waals surface area contributed by atoms with Gasteiger partial charge in [0.2, 0.25) is 5.91 Å². The number of aliphatic hydroxyl groups excluding tert-OH is 1. The van der Waals surface area contributed by atoms with Gasteiger partial charge in [0.1, 0.15) is 5.82 Å². The molecule has 0 unspecified atom stereocenters. The lowest BCUT2D eigenvalue weighted by Gasteiger charge is -2.40. The second kappa shape index (κ2) is 6.75. The predicted octanol–water partition coefficient (Wildman–Crippen LogP) is 1.76. The molecule has 1 heterocycles. The van der Waals surface area contributed by atoms with Gasteiger partial charge in [-0.15, -0.1) is 0 Å². The van der Waals surface area contributed by atoms with Crippen LogP contribution in [0, 0.1) is 11.7 Å². The number of carbonyl (C=O) groups excluding carboxylic acids is 1. The Morgan fingerprint density at radius 2 is 2.09 bits per heavy atom. The van der Waals surface area contributed by atoms with Crippen LogP contribution >= 0.6 is 0 Å². The van der Waals surface area contributed by atoms with Gasteiger partial charge in [-0.25, -0.2) is 4.39 Å². The minimum Gasteiger partial charge on any atom is -0.393 e. The van der Waals surface area contributed by atoms with Crippen LogP contribution in [0.1, 0.15) is 24.8 Å². The number of halogens is 1. The van der Waals surface area contributed by atoms with E-state index in [1.54, 1.807) is 12.1 Å². The fourth-order valence-electron chi connectivity index (χ4n) is 3.58. The van der Waals surface area contributed by atoms with Crippen LogP contribution in [-0.4, -0.2) is 47.8 Å². The summed E-state index contributed by atoms with van der Waals surface area (Å²) in [5, 5.41) is 10.1. The number of hydrogen-bond acceptors (Lipinski definition) is 3. The average Bonchev–Trinajstić information content (AvgIpc) is 2.95. The Morgan fingerprint density at radius 1 is 1.32 bits per heavy atom. The maximum Gasteiger partial charge on any atom is 0.227 e. The van der Waals surface area contributed by atoms with Crippen molar-refractivity contribution >= 4 is 5.91 Å². The van der Waals surface area contributed by atoms with Crippen molar-refractivity contribution in [2.45, 2.75) is 37.8 Å². The second-order valence-corrected chi connectivity index (χ2v) is 6.19. The summed E-state index contributed by atoms with van der Waals surface area (Å²) < 4.78 is 18.5. The first kappa shape index (κ1) is 15.4. The predicted molar refractivity (Wildman–Crippen MR) is 79.8 cm³/mol. The molecule has 0 aromatic heterocycles. The first-order valence-corrected chi connectivity index (χ1v) is 7.95. The summed E-state index contributed by atoms with van der Waals surface area (Å²) in [6, 6.07) is 6.00. The van der Waals surface area contributed by atoms with Crippen LogP contribution in [0.4, 0.5) is 4.39 Å². The van der Waals surface area contributed by atoms with Gasteiger partial charge in [0.15, 0.2) is 0 Å². The Balaban J connectivity index is 1.69. The molecule has 4 nitrogen and oxygen atoms in total. The van der Waals surface area contributed by atoms with Gasteiger partial charge in [-0.3, -0.25) is 4.79 Å².